The predicted molar refractivity (Wildman–Crippen MR) is 123 cm³/mol. The molecule has 2 amide bonds. The average molecular weight is 444 g/mol. The summed E-state index contributed by atoms with van der Waals surface area (Å²) in [6.45, 7) is 4.77. The van der Waals surface area contributed by atoms with Crippen LogP contribution in [0.25, 0.3) is 0 Å². The van der Waals surface area contributed by atoms with E-state index < -0.39 is 0 Å². The lowest BCUT2D eigenvalue weighted by molar-refractivity contribution is -0.136. The van der Waals surface area contributed by atoms with Crippen LogP contribution in [-0.2, 0) is 22.6 Å². The Morgan fingerprint density at radius 1 is 0.844 bits per heavy atom. The first-order chi connectivity index (χ1) is 15.6. The number of carbonyl (C=O) groups excluding carboxylic acids is 2. The zero-order valence-electron chi connectivity index (χ0n) is 19.6. The standard InChI is InChI=1S/C25H37N3O4/c1-31-22-15-20-8-9-28(17-21(20)16-23(22)32-2)25(30)18-26-10-12-27(13-11-26)24(29)14-19-6-4-3-5-7-19/h15-16,19H,3-14,17-18H2,1-2H3. The molecule has 2 fully saturated rings. The molecule has 0 atom stereocenters. The van der Waals surface area contributed by atoms with Crippen molar-refractivity contribution in [3.05, 3.63) is 23.3 Å². The number of rotatable bonds is 6. The second-order valence-corrected chi connectivity index (χ2v) is 9.41. The molecule has 0 radical (unpaired) electrons. The Bertz CT molecular complexity index is 814. The number of hydrogen-bond donors (Lipinski definition) is 0. The van der Waals surface area contributed by atoms with Gasteiger partial charge in [-0.25, -0.2) is 0 Å². The molecule has 1 saturated heterocycles. The van der Waals surface area contributed by atoms with Gasteiger partial charge in [0.05, 0.1) is 20.8 Å². The highest BCUT2D eigenvalue weighted by Crippen LogP contribution is 2.33. The van der Waals surface area contributed by atoms with Gasteiger partial charge in [0.2, 0.25) is 11.8 Å². The summed E-state index contributed by atoms with van der Waals surface area (Å²) in [6.07, 6.45) is 7.81. The van der Waals surface area contributed by atoms with E-state index >= 15 is 0 Å². The lowest BCUT2D eigenvalue weighted by Crippen LogP contribution is -2.52. The first-order valence-corrected chi connectivity index (χ1v) is 12.1. The lowest BCUT2D eigenvalue weighted by atomic mass is 9.86. The second kappa shape index (κ2) is 10.6. The highest BCUT2D eigenvalue weighted by atomic mass is 16.5. The molecule has 0 N–H and O–H groups in total. The Morgan fingerprint density at radius 3 is 2.16 bits per heavy atom. The van der Waals surface area contributed by atoms with Crippen LogP contribution in [0, 0.1) is 5.92 Å². The molecule has 32 heavy (non-hydrogen) atoms. The van der Waals surface area contributed by atoms with Gasteiger partial charge in [0.15, 0.2) is 11.5 Å². The van der Waals surface area contributed by atoms with Gasteiger partial charge in [0.25, 0.3) is 0 Å². The van der Waals surface area contributed by atoms with Crippen molar-refractivity contribution in [3.8, 4) is 11.5 Å². The van der Waals surface area contributed by atoms with E-state index in [9.17, 15) is 9.59 Å². The van der Waals surface area contributed by atoms with E-state index in [1.165, 1.54) is 37.7 Å². The molecule has 4 rings (SSSR count). The van der Waals surface area contributed by atoms with E-state index in [1.807, 2.05) is 21.9 Å². The van der Waals surface area contributed by atoms with E-state index in [1.54, 1.807) is 14.2 Å². The van der Waals surface area contributed by atoms with Crippen LogP contribution < -0.4 is 9.47 Å². The van der Waals surface area contributed by atoms with Gasteiger partial charge in [0, 0.05) is 45.7 Å². The van der Waals surface area contributed by atoms with Crippen LogP contribution >= 0.6 is 0 Å². The summed E-state index contributed by atoms with van der Waals surface area (Å²) in [4.78, 5) is 31.8. The molecule has 0 unspecified atom stereocenters. The van der Waals surface area contributed by atoms with Crippen molar-refractivity contribution in [3.63, 3.8) is 0 Å². The number of benzene rings is 1. The van der Waals surface area contributed by atoms with E-state index in [2.05, 4.69) is 4.90 Å². The molecular formula is C25H37N3O4. The summed E-state index contributed by atoms with van der Waals surface area (Å²) >= 11 is 0. The number of methoxy groups -OCH3 is 2. The van der Waals surface area contributed by atoms with Crippen molar-refractivity contribution in [1.82, 2.24) is 14.7 Å². The Morgan fingerprint density at radius 2 is 1.50 bits per heavy atom. The normalized spacial score (nSPS) is 20.1. The van der Waals surface area contributed by atoms with Crippen LogP contribution in [0.15, 0.2) is 12.1 Å². The van der Waals surface area contributed by atoms with Crippen molar-refractivity contribution in [1.29, 1.82) is 0 Å². The zero-order valence-corrected chi connectivity index (χ0v) is 19.6. The number of amides is 2. The van der Waals surface area contributed by atoms with E-state index in [0.717, 1.165) is 50.5 Å². The summed E-state index contributed by atoms with van der Waals surface area (Å²) in [5, 5.41) is 0. The second-order valence-electron chi connectivity index (χ2n) is 9.41. The van der Waals surface area contributed by atoms with Gasteiger partial charge in [0.1, 0.15) is 0 Å². The largest absolute Gasteiger partial charge is 0.493 e. The highest BCUT2D eigenvalue weighted by Gasteiger charge is 2.28. The Labute approximate surface area is 191 Å². The average Bonchev–Trinajstić information content (AvgIpc) is 2.83. The minimum atomic E-state index is 0.160. The molecule has 0 bridgehead atoms. The van der Waals surface area contributed by atoms with Gasteiger partial charge in [-0.15, -0.1) is 0 Å². The monoisotopic (exact) mass is 443 g/mol. The topological polar surface area (TPSA) is 62.3 Å². The van der Waals surface area contributed by atoms with Crippen molar-refractivity contribution in [2.45, 2.75) is 51.5 Å². The summed E-state index contributed by atoms with van der Waals surface area (Å²) < 4.78 is 10.8. The SMILES string of the molecule is COc1cc2c(cc1OC)CN(C(=O)CN1CCN(C(=O)CC3CCCCC3)CC1)CC2. The van der Waals surface area contributed by atoms with Crippen LogP contribution in [0.3, 0.4) is 0 Å². The molecule has 1 aromatic carbocycles. The van der Waals surface area contributed by atoms with Crippen LogP contribution in [0.4, 0.5) is 0 Å². The first kappa shape index (κ1) is 22.9. The molecule has 0 spiro atoms. The predicted octanol–water partition coefficient (Wildman–Crippen LogP) is 2.70. The molecular weight excluding hydrogens is 406 g/mol. The van der Waals surface area contributed by atoms with Crippen molar-refractivity contribution >= 4 is 11.8 Å². The van der Waals surface area contributed by atoms with Gasteiger partial charge in [-0.1, -0.05) is 19.3 Å². The quantitative estimate of drug-likeness (QED) is 0.677. The molecule has 0 aromatic heterocycles. The molecule has 7 nitrogen and oxygen atoms in total. The number of piperazine rings is 1. The Balaban J connectivity index is 1.25. The minimum absolute atomic E-state index is 0.160. The maximum atomic E-state index is 13.0. The van der Waals surface area contributed by atoms with Gasteiger partial charge in [-0.2, -0.15) is 0 Å². The number of nitrogens with zero attached hydrogens (tertiary/aromatic N) is 3. The number of hydrogen-bond acceptors (Lipinski definition) is 5. The van der Waals surface area contributed by atoms with Crippen LogP contribution in [0.5, 0.6) is 11.5 Å². The first-order valence-electron chi connectivity index (χ1n) is 12.1. The third-order valence-corrected chi connectivity index (χ3v) is 7.34. The van der Waals surface area contributed by atoms with E-state index in [4.69, 9.17) is 9.47 Å². The summed E-state index contributed by atoms with van der Waals surface area (Å²) in [5.41, 5.74) is 2.34. The van der Waals surface area contributed by atoms with Crippen LogP contribution in [0.1, 0.15) is 49.7 Å². The molecule has 1 aromatic rings. The van der Waals surface area contributed by atoms with Gasteiger partial charge in [-0.3, -0.25) is 14.5 Å². The van der Waals surface area contributed by atoms with Crippen molar-refractivity contribution in [2.75, 3.05) is 53.5 Å². The molecule has 2 heterocycles. The fourth-order valence-electron chi connectivity index (χ4n) is 5.31. The third-order valence-electron chi connectivity index (χ3n) is 7.34. The summed E-state index contributed by atoms with van der Waals surface area (Å²) in [7, 11) is 3.28. The van der Waals surface area contributed by atoms with Crippen LogP contribution in [-0.4, -0.2) is 80.0 Å². The Hall–Kier alpha value is -2.28. The van der Waals surface area contributed by atoms with E-state index in [0.29, 0.717) is 37.1 Å². The lowest BCUT2D eigenvalue weighted by Gasteiger charge is -2.37. The molecule has 1 aliphatic carbocycles. The molecule has 7 heteroatoms. The molecule has 3 aliphatic rings. The number of carbonyl (C=O) groups is 2. The molecule has 176 valence electrons. The van der Waals surface area contributed by atoms with Gasteiger partial charge >= 0.3 is 0 Å². The Kier molecular flexibility index (Phi) is 7.55. The van der Waals surface area contributed by atoms with Crippen molar-refractivity contribution < 1.29 is 19.1 Å². The minimum Gasteiger partial charge on any atom is -0.493 e. The van der Waals surface area contributed by atoms with Gasteiger partial charge in [-0.05, 0) is 48.4 Å². The number of fused-ring (bicyclic) bond motifs is 1. The summed E-state index contributed by atoms with van der Waals surface area (Å²) in [6, 6.07) is 4.02. The maximum Gasteiger partial charge on any atom is 0.237 e. The fraction of sp³-hybridized carbons (Fsp3) is 0.680. The molecule has 2 aliphatic heterocycles. The maximum absolute atomic E-state index is 13.0. The third kappa shape index (κ3) is 5.37. The number of ether oxygens (including phenoxy) is 2. The highest BCUT2D eigenvalue weighted by molar-refractivity contribution is 5.79. The van der Waals surface area contributed by atoms with Crippen molar-refractivity contribution in [2.24, 2.45) is 5.92 Å². The fourth-order valence-corrected chi connectivity index (χ4v) is 5.31. The van der Waals surface area contributed by atoms with Gasteiger partial charge < -0.3 is 19.3 Å². The molecule has 1 saturated carbocycles. The zero-order chi connectivity index (χ0) is 22.5. The van der Waals surface area contributed by atoms with E-state index in [-0.39, 0.29) is 5.91 Å². The van der Waals surface area contributed by atoms with Crippen LogP contribution in [0.2, 0.25) is 0 Å². The smallest absolute Gasteiger partial charge is 0.237 e. The summed E-state index contributed by atoms with van der Waals surface area (Å²) in [5.74, 6) is 2.49.